The van der Waals surface area contributed by atoms with E-state index in [1.54, 1.807) is 0 Å². The van der Waals surface area contributed by atoms with E-state index >= 15 is 0 Å². The fraction of sp³-hybridized carbons (Fsp3) is 0.158. The number of ether oxygens (including phenoxy) is 1. The predicted octanol–water partition coefficient (Wildman–Crippen LogP) is 5.50. The van der Waals surface area contributed by atoms with Crippen molar-refractivity contribution in [2.75, 3.05) is 6.61 Å². The summed E-state index contributed by atoms with van der Waals surface area (Å²) in [5.74, 6) is -1.18. The van der Waals surface area contributed by atoms with E-state index < -0.39 is 17.2 Å². The number of allylic oxidation sites excluding steroid dienone is 2. The third-order valence-corrected chi connectivity index (χ3v) is 4.19. The van der Waals surface area contributed by atoms with Crippen molar-refractivity contribution in [1.29, 1.82) is 0 Å². The monoisotopic (exact) mass is 332 g/mol. The third kappa shape index (κ3) is 3.36. The molecule has 0 bridgehead atoms. The summed E-state index contributed by atoms with van der Waals surface area (Å²) in [6.45, 7) is 2.27. The van der Waals surface area contributed by atoms with Crippen LogP contribution in [0.3, 0.4) is 0 Å². The van der Waals surface area contributed by atoms with E-state index in [0.717, 1.165) is 17.2 Å². The van der Waals surface area contributed by atoms with Gasteiger partial charge in [-0.2, -0.15) is 0 Å². The molecule has 1 aliphatic heterocycles. The summed E-state index contributed by atoms with van der Waals surface area (Å²) < 4.78 is 32.6. The van der Waals surface area contributed by atoms with Gasteiger partial charge in [0.15, 0.2) is 0 Å². The highest BCUT2D eigenvalue weighted by Gasteiger charge is 2.49. The molecular weight excluding hydrogens is 318 g/mol. The lowest BCUT2D eigenvalue weighted by molar-refractivity contribution is 0.336. The van der Waals surface area contributed by atoms with Gasteiger partial charge in [-0.3, -0.25) is 0 Å². The quantitative estimate of drug-likeness (QED) is 0.531. The molecule has 0 radical (unpaired) electrons. The third-order valence-electron chi connectivity index (χ3n) is 3.94. The normalized spacial score (nSPS) is 21.0. The van der Waals surface area contributed by atoms with Crippen molar-refractivity contribution < 1.29 is 13.5 Å². The number of epoxide rings is 1. The fourth-order valence-electron chi connectivity index (χ4n) is 2.50. The molecule has 1 nitrogen and oxygen atoms in total. The van der Waals surface area contributed by atoms with Crippen LogP contribution in [-0.4, -0.2) is 6.61 Å². The van der Waals surface area contributed by atoms with Crippen molar-refractivity contribution >= 4 is 17.7 Å². The van der Waals surface area contributed by atoms with Crippen molar-refractivity contribution in [3.63, 3.8) is 0 Å². The summed E-state index contributed by atoms with van der Waals surface area (Å²) in [6.07, 6.45) is 5.69. The van der Waals surface area contributed by atoms with E-state index in [-0.39, 0.29) is 0 Å². The number of hydrogen-bond acceptors (Lipinski definition) is 1. The van der Waals surface area contributed by atoms with Crippen molar-refractivity contribution in [2.45, 2.75) is 12.5 Å². The second-order valence-corrected chi connectivity index (χ2v) is 5.94. The first-order valence-corrected chi connectivity index (χ1v) is 7.59. The maximum Gasteiger partial charge on any atom is 0.140 e. The first kappa shape index (κ1) is 15.9. The summed E-state index contributed by atoms with van der Waals surface area (Å²) >= 11 is 5.84. The van der Waals surface area contributed by atoms with Crippen LogP contribution >= 0.6 is 11.6 Å². The molecule has 0 amide bonds. The Balaban J connectivity index is 1.81. The summed E-state index contributed by atoms with van der Waals surface area (Å²) in [6, 6.07) is 11.0. The van der Waals surface area contributed by atoms with Crippen LogP contribution in [0.5, 0.6) is 0 Å². The van der Waals surface area contributed by atoms with Gasteiger partial charge in [-0.25, -0.2) is 8.78 Å². The van der Waals surface area contributed by atoms with Crippen LogP contribution in [0, 0.1) is 11.6 Å². The molecule has 2 aromatic carbocycles. The molecule has 118 valence electrons. The van der Waals surface area contributed by atoms with Gasteiger partial charge < -0.3 is 4.74 Å². The average molecular weight is 333 g/mol. The first-order chi connectivity index (χ1) is 11.0. The van der Waals surface area contributed by atoms with Crippen molar-refractivity contribution in [2.24, 2.45) is 0 Å². The molecule has 0 saturated carbocycles. The van der Waals surface area contributed by atoms with Crippen LogP contribution in [0.15, 0.2) is 60.2 Å². The Morgan fingerprint density at radius 2 is 1.87 bits per heavy atom. The zero-order valence-electron chi connectivity index (χ0n) is 12.5. The lowest BCUT2D eigenvalue weighted by atomic mass is 9.91. The van der Waals surface area contributed by atoms with Crippen LogP contribution in [0.2, 0.25) is 5.02 Å². The van der Waals surface area contributed by atoms with E-state index in [1.165, 1.54) is 12.1 Å². The smallest absolute Gasteiger partial charge is 0.140 e. The van der Waals surface area contributed by atoms with Crippen molar-refractivity contribution in [3.8, 4) is 0 Å². The maximum atomic E-state index is 14.0. The van der Waals surface area contributed by atoms with Crippen LogP contribution in [0.1, 0.15) is 18.1 Å². The molecule has 1 atom stereocenters. The summed E-state index contributed by atoms with van der Waals surface area (Å²) in [4.78, 5) is 0. The van der Waals surface area contributed by atoms with Gasteiger partial charge in [-0.05, 0) is 42.3 Å². The standard InChI is InChI=1S/C19H15ClF2O/c1-13(3-2-4-14-5-7-15(20)8-6-14)19(12-23-19)17-10-9-16(21)11-18(17)22/h2-11H,12H2,1H3. The number of halogens is 3. The lowest BCUT2D eigenvalue weighted by Gasteiger charge is -2.13. The highest BCUT2D eigenvalue weighted by molar-refractivity contribution is 6.30. The zero-order valence-corrected chi connectivity index (χ0v) is 13.3. The Morgan fingerprint density at radius 3 is 2.48 bits per heavy atom. The molecule has 3 rings (SSSR count). The zero-order chi connectivity index (χ0) is 16.4. The van der Waals surface area contributed by atoms with Gasteiger partial charge in [0.25, 0.3) is 0 Å². The van der Waals surface area contributed by atoms with E-state index in [4.69, 9.17) is 16.3 Å². The van der Waals surface area contributed by atoms with E-state index in [1.807, 2.05) is 49.4 Å². The van der Waals surface area contributed by atoms with Crippen LogP contribution in [-0.2, 0) is 10.3 Å². The molecule has 0 aromatic heterocycles. The first-order valence-electron chi connectivity index (χ1n) is 7.22. The Labute approximate surface area is 138 Å². The second kappa shape index (κ2) is 6.26. The Morgan fingerprint density at radius 1 is 1.17 bits per heavy atom. The van der Waals surface area contributed by atoms with Gasteiger partial charge in [0, 0.05) is 16.7 Å². The largest absolute Gasteiger partial charge is 0.360 e. The molecule has 1 unspecified atom stereocenters. The Hall–Kier alpha value is -1.97. The molecule has 4 heteroatoms. The van der Waals surface area contributed by atoms with Crippen molar-refractivity contribution in [3.05, 3.63) is 88.0 Å². The molecule has 2 aromatic rings. The Bertz CT molecular complexity index is 774. The summed E-state index contributed by atoms with van der Waals surface area (Å²) in [5, 5.41) is 0.686. The van der Waals surface area contributed by atoms with Crippen molar-refractivity contribution in [1.82, 2.24) is 0 Å². The predicted molar refractivity (Wildman–Crippen MR) is 88.2 cm³/mol. The second-order valence-electron chi connectivity index (χ2n) is 5.50. The van der Waals surface area contributed by atoms with Gasteiger partial charge in [-0.15, -0.1) is 0 Å². The highest BCUT2D eigenvalue weighted by atomic mass is 35.5. The van der Waals surface area contributed by atoms with Crippen LogP contribution in [0.4, 0.5) is 8.78 Å². The number of rotatable bonds is 4. The van der Waals surface area contributed by atoms with E-state index in [9.17, 15) is 8.78 Å². The average Bonchev–Trinajstić information content (AvgIpc) is 3.31. The van der Waals surface area contributed by atoms with Gasteiger partial charge in [-0.1, -0.05) is 42.0 Å². The minimum atomic E-state index is -0.776. The van der Waals surface area contributed by atoms with E-state index in [0.29, 0.717) is 17.2 Å². The maximum absolute atomic E-state index is 14.0. The molecular formula is C19H15ClF2O. The molecule has 1 fully saturated rings. The fourth-order valence-corrected chi connectivity index (χ4v) is 2.62. The highest BCUT2D eigenvalue weighted by Crippen LogP contribution is 2.46. The number of benzene rings is 2. The molecule has 0 N–H and O–H groups in total. The molecule has 1 saturated heterocycles. The molecule has 0 spiro atoms. The van der Waals surface area contributed by atoms with Gasteiger partial charge in [0.1, 0.15) is 17.2 Å². The SMILES string of the molecule is CC(=CC=Cc1ccc(Cl)cc1)C1(c2ccc(F)cc2F)CO1. The van der Waals surface area contributed by atoms with Crippen LogP contribution in [0.25, 0.3) is 6.08 Å². The van der Waals surface area contributed by atoms with Gasteiger partial charge in [0.2, 0.25) is 0 Å². The summed E-state index contributed by atoms with van der Waals surface area (Å²) in [7, 11) is 0. The lowest BCUT2D eigenvalue weighted by Crippen LogP contribution is -2.13. The molecule has 0 aliphatic carbocycles. The minimum absolute atomic E-state index is 0.368. The molecule has 1 heterocycles. The minimum Gasteiger partial charge on any atom is -0.360 e. The van der Waals surface area contributed by atoms with Crippen LogP contribution < -0.4 is 0 Å². The topological polar surface area (TPSA) is 12.5 Å². The van der Waals surface area contributed by atoms with Gasteiger partial charge >= 0.3 is 0 Å². The summed E-state index contributed by atoms with van der Waals surface area (Å²) in [5.41, 5.74) is 1.47. The molecule has 1 aliphatic rings. The van der Waals surface area contributed by atoms with E-state index in [2.05, 4.69) is 0 Å². The number of hydrogen-bond donors (Lipinski definition) is 0. The molecule has 23 heavy (non-hydrogen) atoms. The van der Waals surface area contributed by atoms with Gasteiger partial charge in [0.05, 0.1) is 6.61 Å². The Kier molecular flexibility index (Phi) is 4.33.